The number of nitriles is 1. The zero-order valence-electron chi connectivity index (χ0n) is 8.79. The molecule has 0 bridgehead atoms. The molecule has 14 heavy (non-hydrogen) atoms. The molecule has 0 spiro atoms. The first-order valence-electron chi connectivity index (χ1n) is 5.00. The Balaban J connectivity index is 2.38. The van der Waals surface area contributed by atoms with E-state index in [4.69, 9.17) is 10.00 Å². The lowest BCUT2D eigenvalue weighted by molar-refractivity contribution is 0.0128. The van der Waals surface area contributed by atoms with Gasteiger partial charge in [0.1, 0.15) is 0 Å². The molecule has 2 atom stereocenters. The highest BCUT2D eigenvalue weighted by Crippen LogP contribution is 2.14. The number of aliphatic hydroxyl groups is 1. The van der Waals surface area contributed by atoms with Gasteiger partial charge in [0.05, 0.1) is 11.7 Å². The fraction of sp³-hybridized carbons (Fsp3) is 0.900. The molecule has 1 rings (SSSR count). The number of hydrogen-bond acceptors (Lipinski definition) is 4. The third kappa shape index (κ3) is 3.62. The van der Waals surface area contributed by atoms with Gasteiger partial charge in [-0.05, 0) is 26.7 Å². The SMILES string of the molecule is CC(C)(O)CNC1CCCOC1C#N. The van der Waals surface area contributed by atoms with Crippen molar-refractivity contribution in [2.75, 3.05) is 13.2 Å². The van der Waals surface area contributed by atoms with Crippen LogP contribution in [0, 0.1) is 11.3 Å². The number of rotatable bonds is 3. The summed E-state index contributed by atoms with van der Waals surface area (Å²) in [6.07, 6.45) is 1.54. The van der Waals surface area contributed by atoms with Crippen LogP contribution in [0.4, 0.5) is 0 Å². The molecule has 2 N–H and O–H groups in total. The third-order valence-electron chi connectivity index (χ3n) is 2.25. The van der Waals surface area contributed by atoms with Gasteiger partial charge in [-0.2, -0.15) is 5.26 Å². The first-order chi connectivity index (χ1) is 6.53. The first kappa shape index (κ1) is 11.4. The molecule has 0 aromatic heterocycles. The Morgan fingerprint density at radius 2 is 2.36 bits per heavy atom. The van der Waals surface area contributed by atoms with Gasteiger partial charge in [-0.1, -0.05) is 0 Å². The van der Waals surface area contributed by atoms with Crippen molar-refractivity contribution in [3.05, 3.63) is 0 Å². The van der Waals surface area contributed by atoms with Gasteiger partial charge in [0.2, 0.25) is 0 Å². The molecule has 1 heterocycles. The van der Waals surface area contributed by atoms with Gasteiger partial charge in [0.25, 0.3) is 0 Å². The van der Waals surface area contributed by atoms with Crippen LogP contribution in [0.3, 0.4) is 0 Å². The zero-order valence-corrected chi connectivity index (χ0v) is 8.79. The van der Waals surface area contributed by atoms with E-state index < -0.39 is 5.60 Å². The second-order valence-corrected chi connectivity index (χ2v) is 4.36. The van der Waals surface area contributed by atoms with Crippen molar-refractivity contribution in [1.29, 1.82) is 5.26 Å². The van der Waals surface area contributed by atoms with Crippen LogP contribution in [0.1, 0.15) is 26.7 Å². The molecule has 4 heteroatoms. The van der Waals surface area contributed by atoms with Gasteiger partial charge in [-0.3, -0.25) is 0 Å². The Morgan fingerprint density at radius 1 is 1.64 bits per heavy atom. The predicted molar refractivity (Wildman–Crippen MR) is 52.7 cm³/mol. The quantitative estimate of drug-likeness (QED) is 0.689. The summed E-state index contributed by atoms with van der Waals surface area (Å²) in [5, 5.41) is 21.5. The van der Waals surface area contributed by atoms with Crippen molar-refractivity contribution in [2.45, 2.75) is 44.4 Å². The van der Waals surface area contributed by atoms with Crippen LogP contribution in [0.2, 0.25) is 0 Å². The average molecular weight is 198 g/mol. The lowest BCUT2D eigenvalue weighted by atomic mass is 10.0. The average Bonchev–Trinajstić information content (AvgIpc) is 2.14. The number of nitrogens with zero attached hydrogens (tertiary/aromatic N) is 1. The molecule has 0 aliphatic carbocycles. The van der Waals surface area contributed by atoms with Crippen molar-refractivity contribution in [2.24, 2.45) is 0 Å². The maximum atomic E-state index is 9.52. The summed E-state index contributed by atoms with van der Waals surface area (Å²) in [7, 11) is 0. The predicted octanol–water partition coefficient (Wildman–Crippen LogP) is 0.418. The summed E-state index contributed by atoms with van der Waals surface area (Å²) in [6.45, 7) is 4.63. The molecule has 4 nitrogen and oxygen atoms in total. The Labute approximate surface area is 84.9 Å². The largest absolute Gasteiger partial charge is 0.389 e. The molecule has 1 aliphatic rings. The van der Waals surface area contributed by atoms with Crippen LogP contribution < -0.4 is 5.32 Å². The van der Waals surface area contributed by atoms with Crippen LogP contribution in [-0.4, -0.2) is 36.0 Å². The maximum absolute atomic E-state index is 9.52. The standard InChI is InChI=1S/C10H18N2O2/c1-10(2,13)7-12-8-4-3-5-14-9(8)6-11/h8-9,12-13H,3-5,7H2,1-2H3. The molecule has 80 valence electrons. The molecule has 0 aromatic carbocycles. The summed E-state index contributed by atoms with van der Waals surface area (Å²) in [4.78, 5) is 0. The molecule has 0 saturated carbocycles. The lowest BCUT2D eigenvalue weighted by Gasteiger charge is -2.30. The Kier molecular flexibility index (Phi) is 3.87. The maximum Gasteiger partial charge on any atom is 0.159 e. The lowest BCUT2D eigenvalue weighted by Crippen LogP contribution is -2.48. The van der Waals surface area contributed by atoms with Crippen LogP contribution in [0.25, 0.3) is 0 Å². The third-order valence-corrected chi connectivity index (χ3v) is 2.25. The number of hydrogen-bond donors (Lipinski definition) is 2. The van der Waals surface area contributed by atoms with Crippen molar-refractivity contribution >= 4 is 0 Å². The second kappa shape index (κ2) is 4.74. The van der Waals surface area contributed by atoms with Crippen LogP contribution in [0.5, 0.6) is 0 Å². The Morgan fingerprint density at radius 3 is 2.93 bits per heavy atom. The summed E-state index contributed by atoms with van der Waals surface area (Å²) >= 11 is 0. The van der Waals surface area contributed by atoms with Crippen molar-refractivity contribution in [1.82, 2.24) is 5.32 Å². The Hall–Kier alpha value is -0.630. The van der Waals surface area contributed by atoms with E-state index in [0.29, 0.717) is 13.2 Å². The van der Waals surface area contributed by atoms with Gasteiger partial charge in [0, 0.05) is 19.2 Å². The fourth-order valence-corrected chi connectivity index (χ4v) is 1.50. The monoisotopic (exact) mass is 198 g/mol. The summed E-state index contributed by atoms with van der Waals surface area (Å²) in [6, 6.07) is 2.18. The summed E-state index contributed by atoms with van der Waals surface area (Å²) in [5.74, 6) is 0. The van der Waals surface area contributed by atoms with Crippen molar-refractivity contribution < 1.29 is 9.84 Å². The molecule has 1 saturated heterocycles. The van der Waals surface area contributed by atoms with Crippen molar-refractivity contribution in [3.8, 4) is 6.07 Å². The highest BCUT2D eigenvalue weighted by Gasteiger charge is 2.26. The molecule has 1 aliphatic heterocycles. The van der Waals surface area contributed by atoms with E-state index >= 15 is 0 Å². The highest BCUT2D eigenvalue weighted by atomic mass is 16.5. The number of ether oxygens (including phenoxy) is 1. The smallest absolute Gasteiger partial charge is 0.159 e. The molecule has 2 unspecified atom stereocenters. The van der Waals surface area contributed by atoms with E-state index in [9.17, 15) is 5.11 Å². The molecular formula is C10H18N2O2. The van der Waals surface area contributed by atoms with Gasteiger partial charge >= 0.3 is 0 Å². The van der Waals surface area contributed by atoms with Gasteiger partial charge in [0.15, 0.2) is 6.10 Å². The molecule has 1 fully saturated rings. The minimum Gasteiger partial charge on any atom is -0.389 e. The molecule has 0 amide bonds. The first-order valence-corrected chi connectivity index (χ1v) is 5.00. The van der Waals surface area contributed by atoms with Gasteiger partial charge < -0.3 is 15.2 Å². The van der Waals surface area contributed by atoms with Crippen LogP contribution in [0.15, 0.2) is 0 Å². The van der Waals surface area contributed by atoms with Crippen LogP contribution in [-0.2, 0) is 4.74 Å². The summed E-state index contributed by atoms with van der Waals surface area (Å²) in [5.41, 5.74) is -0.739. The van der Waals surface area contributed by atoms with Crippen molar-refractivity contribution in [3.63, 3.8) is 0 Å². The summed E-state index contributed by atoms with van der Waals surface area (Å²) < 4.78 is 5.30. The molecular weight excluding hydrogens is 180 g/mol. The zero-order chi connectivity index (χ0) is 10.6. The second-order valence-electron chi connectivity index (χ2n) is 4.36. The number of nitrogens with one attached hydrogen (secondary N) is 1. The highest BCUT2D eigenvalue weighted by molar-refractivity contribution is 4.96. The Bertz CT molecular complexity index is 217. The van der Waals surface area contributed by atoms with E-state index in [1.165, 1.54) is 0 Å². The van der Waals surface area contributed by atoms with E-state index in [1.54, 1.807) is 13.8 Å². The van der Waals surface area contributed by atoms with E-state index in [1.807, 2.05) is 0 Å². The van der Waals surface area contributed by atoms with E-state index in [2.05, 4.69) is 11.4 Å². The minimum atomic E-state index is -0.739. The normalized spacial score (nSPS) is 28.4. The van der Waals surface area contributed by atoms with E-state index in [0.717, 1.165) is 12.8 Å². The minimum absolute atomic E-state index is 0.0557. The fourth-order valence-electron chi connectivity index (χ4n) is 1.50. The molecule has 0 aromatic rings. The van der Waals surface area contributed by atoms with Gasteiger partial charge in [-0.25, -0.2) is 0 Å². The topological polar surface area (TPSA) is 65.3 Å². The van der Waals surface area contributed by atoms with E-state index in [-0.39, 0.29) is 12.1 Å². The molecule has 0 radical (unpaired) electrons. The van der Waals surface area contributed by atoms with Gasteiger partial charge in [-0.15, -0.1) is 0 Å². The van der Waals surface area contributed by atoms with Crippen LogP contribution >= 0.6 is 0 Å².